The summed E-state index contributed by atoms with van der Waals surface area (Å²) in [5, 5.41) is 2.66. The summed E-state index contributed by atoms with van der Waals surface area (Å²) in [7, 11) is -2.36. The number of nitrogens with one attached hydrogen (secondary N) is 1. The number of hydrogen-bond donors (Lipinski definition) is 2. The molecule has 8 heteroatoms. The van der Waals surface area contributed by atoms with Gasteiger partial charge >= 0.3 is 0 Å². The van der Waals surface area contributed by atoms with Crippen molar-refractivity contribution < 1.29 is 18.0 Å². The Hall–Kier alpha value is -3.65. The molecule has 3 N–H and O–H groups in total. The van der Waals surface area contributed by atoms with Crippen molar-refractivity contribution in [3.05, 3.63) is 89.0 Å². The number of amides is 2. The molecule has 0 heterocycles. The first kappa shape index (κ1) is 22.0. The molecule has 0 radical (unpaired) electrons. The largest absolute Gasteiger partial charge is 0.366 e. The minimum Gasteiger partial charge on any atom is -0.366 e. The van der Waals surface area contributed by atoms with Crippen LogP contribution >= 0.6 is 0 Å². The van der Waals surface area contributed by atoms with Crippen molar-refractivity contribution in [2.45, 2.75) is 18.7 Å². The van der Waals surface area contributed by atoms with E-state index in [4.69, 9.17) is 5.73 Å². The fourth-order valence-electron chi connectivity index (χ4n) is 3.09. The maximum Gasteiger partial charge on any atom is 0.264 e. The van der Waals surface area contributed by atoms with Crippen LogP contribution in [0.2, 0.25) is 0 Å². The molecule has 0 aliphatic carbocycles. The number of anilines is 2. The van der Waals surface area contributed by atoms with Gasteiger partial charge in [0.05, 0.1) is 21.8 Å². The average molecular weight is 438 g/mol. The number of rotatable bonds is 6. The molecule has 0 atom stereocenters. The highest BCUT2D eigenvalue weighted by atomic mass is 32.2. The number of nitrogens with zero attached hydrogens (tertiary/aromatic N) is 1. The number of nitrogens with two attached hydrogens (primary N) is 1. The van der Waals surface area contributed by atoms with Crippen LogP contribution in [0.3, 0.4) is 0 Å². The Morgan fingerprint density at radius 1 is 0.935 bits per heavy atom. The van der Waals surface area contributed by atoms with E-state index in [1.807, 2.05) is 6.92 Å². The molecular formula is C23H23N3O4S. The van der Waals surface area contributed by atoms with E-state index in [1.165, 1.54) is 19.2 Å². The minimum atomic E-state index is -3.81. The third-order valence-electron chi connectivity index (χ3n) is 4.93. The number of sulfonamides is 1. The van der Waals surface area contributed by atoms with Crippen molar-refractivity contribution in [2.24, 2.45) is 5.73 Å². The number of para-hydroxylation sites is 1. The monoisotopic (exact) mass is 437 g/mol. The van der Waals surface area contributed by atoms with Gasteiger partial charge < -0.3 is 11.1 Å². The lowest BCUT2D eigenvalue weighted by atomic mass is 10.1. The van der Waals surface area contributed by atoms with E-state index in [2.05, 4.69) is 5.32 Å². The Labute approximate surface area is 181 Å². The van der Waals surface area contributed by atoms with Crippen molar-refractivity contribution in [1.82, 2.24) is 0 Å². The quantitative estimate of drug-likeness (QED) is 0.615. The molecule has 3 aromatic rings. The maximum atomic E-state index is 13.1. The molecule has 3 aromatic carbocycles. The smallest absolute Gasteiger partial charge is 0.264 e. The van der Waals surface area contributed by atoms with Crippen LogP contribution in [0.1, 0.15) is 31.8 Å². The minimum absolute atomic E-state index is 0.158. The Kier molecular flexibility index (Phi) is 6.12. The summed E-state index contributed by atoms with van der Waals surface area (Å²) < 4.78 is 27.3. The van der Waals surface area contributed by atoms with Crippen LogP contribution in [-0.4, -0.2) is 27.3 Å². The third-order valence-corrected chi connectivity index (χ3v) is 6.72. The summed E-state index contributed by atoms with van der Waals surface area (Å²) in [5.74, 6) is -1.15. The van der Waals surface area contributed by atoms with E-state index in [-0.39, 0.29) is 21.7 Å². The Morgan fingerprint density at radius 3 is 2.23 bits per heavy atom. The number of carbonyl (C=O) groups is 2. The second kappa shape index (κ2) is 8.61. The highest BCUT2D eigenvalue weighted by Crippen LogP contribution is 2.27. The second-order valence-corrected chi connectivity index (χ2v) is 9.12. The molecule has 3 rings (SSSR count). The number of hydrogen-bond acceptors (Lipinski definition) is 4. The topological polar surface area (TPSA) is 110 Å². The second-order valence-electron chi connectivity index (χ2n) is 7.15. The van der Waals surface area contributed by atoms with E-state index in [9.17, 15) is 18.0 Å². The summed E-state index contributed by atoms with van der Waals surface area (Å²) in [6, 6.07) is 17.7. The molecule has 0 saturated heterocycles. The molecule has 160 valence electrons. The van der Waals surface area contributed by atoms with Crippen LogP contribution < -0.4 is 15.4 Å². The molecule has 31 heavy (non-hydrogen) atoms. The van der Waals surface area contributed by atoms with Gasteiger partial charge in [-0.25, -0.2) is 8.42 Å². The first-order valence-electron chi connectivity index (χ1n) is 9.47. The average Bonchev–Trinajstić information content (AvgIpc) is 2.74. The predicted octanol–water partition coefficient (Wildman–Crippen LogP) is 3.48. The van der Waals surface area contributed by atoms with Crippen LogP contribution in [0.15, 0.2) is 71.6 Å². The van der Waals surface area contributed by atoms with Crippen molar-refractivity contribution in [3.8, 4) is 0 Å². The number of benzene rings is 3. The molecular weight excluding hydrogens is 414 g/mol. The fourth-order valence-corrected chi connectivity index (χ4v) is 4.34. The number of aryl methyl sites for hydroxylation is 2. The van der Waals surface area contributed by atoms with Gasteiger partial charge in [0.2, 0.25) is 0 Å². The predicted molar refractivity (Wildman–Crippen MR) is 121 cm³/mol. The van der Waals surface area contributed by atoms with Gasteiger partial charge in [-0.05, 0) is 55.8 Å². The SMILES string of the molecule is Cc1ccc(S(=O)(=O)N(C)c2cc(C(=O)Nc3ccccc3C(N)=O)ccc2C)cc1. The zero-order valence-electron chi connectivity index (χ0n) is 17.4. The lowest BCUT2D eigenvalue weighted by Crippen LogP contribution is -2.27. The summed E-state index contributed by atoms with van der Waals surface area (Å²) in [6.45, 7) is 3.64. The fraction of sp³-hybridized carbons (Fsp3) is 0.130. The highest BCUT2D eigenvalue weighted by molar-refractivity contribution is 7.92. The molecule has 0 saturated carbocycles. The first-order chi connectivity index (χ1) is 14.6. The molecule has 0 unspecified atom stereocenters. The van der Waals surface area contributed by atoms with E-state index >= 15 is 0 Å². The maximum absolute atomic E-state index is 13.1. The third kappa shape index (κ3) is 4.59. The number of carbonyl (C=O) groups excluding carboxylic acids is 2. The molecule has 2 amide bonds. The lowest BCUT2D eigenvalue weighted by molar-refractivity contribution is 0.100. The van der Waals surface area contributed by atoms with Crippen LogP contribution in [0.4, 0.5) is 11.4 Å². The van der Waals surface area contributed by atoms with Crippen LogP contribution in [0.25, 0.3) is 0 Å². The van der Waals surface area contributed by atoms with Gasteiger partial charge in [-0.2, -0.15) is 0 Å². The van der Waals surface area contributed by atoms with Crippen molar-refractivity contribution >= 4 is 33.2 Å². The number of primary amides is 1. The summed E-state index contributed by atoms with van der Waals surface area (Å²) in [5.41, 5.74) is 8.08. The van der Waals surface area contributed by atoms with Crippen LogP contribution in [0.5, 0.6) is 0 Å². The van der Waals surface area contributed by atoms with Gasteiger partial charge in [-0.3, -0.25) is 13.9 Å². The van der Waals surface area contributed by atoms with Gasteiger partial charge in [0.15, 0.2) is 0 Å². The standard InChI is InChI=1S/C23H23N3O4S/c1-15-8-12-18(13-9-15)31(29,30)26(3)21-14-17(11-10-16(21)2)23(28)25-20-7-5-4-6-19(20)22(24)27/h4-14H,1-3H3,(H2,24,27)(H,25,28). The van der Waals surface area contributed by atoms with Crippen molar-refractivity contribution in [2.75, 3.05) is 16.7 Å². The van der Waals surface area contributed by atoms with E-state index in [0.29, 0.717) is 11.3 Å². The normalized spacial score (nSPS) is 11.1. The van der Waals surface area contributed by atoms with E-state index in [1.54, 1.807) is 61.5 Å². The van der Waals surface area contributed by atoms with Gasteiger partial charge in [0.1, 0.15) is 0 Å². The van der Waals surface area contributed by atoms with Gasteiger partial charge in [-0.15, -0.1) is 0 Å². The Balaban J connectivity index is 1.94. The van der Waals surface area contributed by atoms with E-state index < -0.39 is 21.8 Å². The highest BCUT2D eigenvalue weighted by Gasteiger charge is 2.23. The first-order valence-corrected chi connectivity index (χ1v) is 10.9. The van der Waals surface area contributed by atoms with Gasteiger partial charge in [0, 0.05) is 12.6 Å². The van der Waals surface area contributed by atoms with Crippen LogP contribution in [-0.2, 0) is 10.0 Å². The molecule has 7 nitrogen and oxygen atoms in total. The molecule has 0 aromatic heterocycles. The Bertz CT molecular complexity index is 1250. The zero-order chi connectivity index (χ0) is 22.8. The molecule has 0 bridgehead atoms. The summed E-state index contributed by atoms with van der Waals surface area (Å²) >= 11 is 0. The van der Waals surface area contributed by atoms with Gasteiger partial charge in [-0.1, -0.05) is 35.9 Å². The van der Waals surface area contributed by atoms with E-state index in [0.717, 1.165) is 9.87 Å². The summed E-state index contributed by atoms with van der Waals surface area (Å²) in [4.78, 5) is 24.6. The summed E-state index contributed by atoms with van der Waals surface area (Å²) in [6.07, 6.45) is 0. The Morgan fingerprint density at radius 2 is 1.58 bits per heavy atom. The molecule has 0 aliphatic rings. The van der Waals surface area contributed by atoms with Crippen molar-refractivity contribution in [3.63, 3.8) is 0 Å². The van der Waals surface area contributed by atoms with Crippen LogP contribution in [0, 0.1) is 13.8 Å². The van der Waals surface area contributed by atoms with Gasteiger partial charge in [0.25, 0.3) is 21.8 Å². The van der Waals surface area contributed by atoms with Crippen molar-refractivity contribution in [1.29, 1.82) is 0 Å². The lowest BCUT2D eigenvalue weighted by Gasteiger charge is -2.22. The molecule has 0 fully saturated rings. The zero-order valence-corrected chi connectivity index (χ0v) is 18.2. The molecule has 0 spiro atoms. The molecule has 0 aliphatic heterocycles.